The number of carbonyl (C=O) groups is 1. The van der Waals surface area contributed by atoms with Gasteiger partial charge < -0.3 is 21.2 Å². The fourth-order valence-corrected chi connectivity index (χ4v) is 4.10. The van der Waals surface area contributed by atoms with Crippen molar-refractivity contribution in [1.29, 1.82) is 0 Å². The molecule has 0 saturated heterocycles. The number of hydrogen-bond acceptors (Lipinski definition) is 6. The summed E-state index contributed by atoms with van der Waals surface area (Å²) in [5.74, 6) is -2.62. The Bertz CT molecular complexity index is 1080. The van der Waals surface area contributed by atoms with Crippen molar-refractivity contribution < 1.29 is 22.4 Å². The number of alkyl halides is 3. The maximum absolute atomic E-state index is 13.3. The van der Waals surface area contributed by atoms with Crippen LogP contribution in [0.25, 0.3) is 11.1 Å². The highest BCUT2D eigenvalue weighted by Crippen LogP contribution is 2.44. The first-order valence-corrected chi connectivity index (χ1v) is 9.44. The molecule has 0 bridgehead atoms. The quantitative estimate of drug-likeness (QED) is 0.593. The van der Waals surface area contributed by atoms with Gasteiger partial charge in [-0.15, -0.1) is 0 Å². The molecular formula is C20H20F3N5O2. The Morgan fingerprint density at radius 2 is 2.00 bits per heavy atom. The van der Waals surface area contributed by atoms with E-state index in [4.69, 9.17) is 15.9 Å². The third-order valence-electron chi connectivity index (χ3n) is 5.45. The van der Waals surface area contributed by atoms with Gasteiger partial charge in [0, 0.05) is 18.4 Å². The average molecular weight is 419 g/mol. The number of nitrogens with zero attached hydrogens (tertiary/aromatic N) is 2. The lowest BCUT2D eigenvalue weighted by atomic mass is 9.75. The molecule has 3 atom stereocenters. The third kappa shape index (κ3) is 3.82. The SMILES string of the molecule is Nc1oc2cccnc2c1C(=O)Nc1cnccc1C1C[C@@H](N)C[C@@H](C(F)(F)F)C1. The molecule has 1 unspecified atom stereocenters. The molecule has 1 fully saturated rings. The number of nitrogen functional groups attached to an aromatic ring is 1. The number of fused-ring (bicyclic) bond motifs is 1. The van der Waals surface area contributed by atoms with Crippen LogP contribution in [-0.2, 0) is 0 Å². The molecule has 10 heteroatoms. The van der Waals surface area contributed by atoms with Crippen molar-refractivity contribution in [3.05, 3.63) is 47.9 Å². The van der Waals surface area contributed by atoms with Crippen molar-refractivity contribution in [2.75, 3.05) is 11.1 Å². The van der Waals surface area contributed by atoms with E-state index in [1.165, 1.54) is 18.6 Å². The number of furan rings is 1. The largest absolute Gasteiger partial charge is 0.438 e. The van der Waals surface area contributed by atoms with Gasteiger partial charge in [-0.3, -0.25) is 14.8 Å². The van der Waals surface area contributed by atoms with Gasteiger partial charge in [0.2, 0.25) is 5.88 Å². The fourth-order valence-electron chi connectivity index (χ4n) is 4.10. The summed E-state index contributed by atoms with van der Waals surface area (Å²) < 4.78 is 45.3. The molecule has 1 saturated carbocycles. The molecule has 1 aliphatic rings. The van der Waals surface area contributed by atoms with Crippen LogP contribution in [0.2, 0.25) is 0 Å². The lowest BCUT2D eigenvalue weighted by molar-refractivity contribution is -0.184. The van der Waals surface area contributed by atoms with Crippen LogP contribution in [0.3, 0.4) is 0 Å². The number of halogens is 3. The van der Waals surface area contributed by atoms with E-state index in [1.807, 2.05) is 0 Å². The Morgan fingerprint density at radius 3 is 2.77 bits per heavy atom. The number of carbonyl (C=O) groups excluding carboxylic acids is 1. The van der Waals surface area contributed by atoms with Crippen LogP contribution >= 0.6 is 0 Å². The van der Waals surface area contributed by atoms with Crippen LogP contribution in [-0.4, -0.2) is 28.1 Å². The Labute approximate surface area is 169 Å². The van der Waals surface area contributed by atoms with Crippen LogP contribution in [0.5, 0.6) is 0 Å². The molecule has 7 nitrogen and oxygen atoms in total. The van der Waals surface area contributed by atoms with Gasteiger partial charge in [0.05, 0.1) is 17.8 Å². The average Bonchev–Trinajstić information content (AvgIpc) is 3.03. The van der Waals surface area contributed by atoms with Crippen LogP contribution < -0.4 is 16.8 Å². The van der Waals surface area contributed by atoms with E-state index in [-0.39, 0.29) is 24.3 Å². The Hall–Kier alpha value is -3.14. The molecular weight excluding hydrogens is 399 g/mol. The third-order valence-corrected chi connectivity index (χ3v) is 5.45. The first-order valence-electron chi connectivity index (χ1n) is 9.44. The van der Waals surface area contributed by atoms with E-state index in [9.17, 15) is 18.0 Å². The van der Waals surface area contributed by atoms with Crippen molar-refractivity contribution in [1.82, 2.24) is 9.97 Å². The summed E-state index contributed by atoms with van der Waals surface area (Å²) in [6.07, 6.45) is 0.266. The van der Waals surface area contributed by atoms with Crippen molar-refractivity contribution in [3.8, 4) is 0 Å². The van der Waals surface area contributed by atoms with E-state index in [2.05, 4.69) is 15.3 Å². The standard InChI is InChI=1S/C20H20F3N5O2/c21-20(22,23)11-6-10(7-12(24)8-11)13-3-5-26-9-14(13)28-19(29)16-17-15(30-18(16)25)2-1-4-27-17/h1-5,9-12H,6-8,24-25H2,(H,28,29)/t10?,11-,12+/m0/s1. The predicted molar refractivity (Wildman–Crippen MR) is 105 cm³/mol. The monoisotopic (exact) mass is 419 g/mol. The van der Waals surface area contributed by atoms with Gasteiger partial charge in [-0.2, -0.15) is 13.2 Å². The summed E-state index contributed by atoms with van der Waals surface area (Å²) in [7, 11) is 0. The van der Waals surface area contributed by atoms with E-state index >= 15 is 0 Å². The van der Waals surface area contributed by atoms with E-state index in [1.54, 1.807) is 18.2 Å². The Morgan fingerprint density at radius 1 is 1.20 bits per heavy atom. The van der Waals surface area contributed by atoms with Crippen molar-refractivity contribution in [2.45, 2.75) is 37.4 Å². The first kappa shape index (κ1) is 20.1. The number of anilines is 2. The van der Waals surface area contributed by atoms with E-state index in [0.29, 0.717) is 28.8 Å². The van der Waals surface area contributed by atoms with E-state index in [0.717, 1.165) is 0 Å². The van der Waals surface area contributed by atoms with Gasteiger partial charge in [0.15, 0.2) is 5.58 Å². The van der Waals surface area contributed by atoms with Gasteiger partial charge in [0.25, 0.3) is 5.91 Å². The van der Waals surface area contributed by atoms with Gasteiger partial charge >= 0.3 is 6.18 Å². The molecule has 1 aliphatic carbocycles. The molecule has 30 heavy (non-hydrogen) atoms. The second kappa shape index (κ2) is 7.60. The Balaban J connectivity index is 1.64. The van der Waals surface area contributed by atoms with E-state index < -0.39 is 30.0 Å². The second-order valence-corrected chi connectivity index (χ2v) is 7.51. The molecule has 4 rings (SSSR count). The number of pyridine rings is 2. The highest BCUT2D eigenvalue weighted by atomic mass is 19.4. The molecule has 5 N–H and O–H groups in total. The minimum absolute atomic E-state index is 0.0638. The highest BCUT2D eigenvalue weighted by molar-refractivity contribution is 6.14. The molecule has 0 aromatic carbocycles. The van der Waals surface area contributed by atoms with Crippen LogP contribution in [0.15, 0.2) is 41.2 Å². The predicted octanol–water partition coefficient (Wildman–Crippen LogP) is 3.83. The lowest BCUT2D eigenvalue weighted by Gasteiger charge is -2.35. The highest BCUT2D eigenvalue weighted by Gasteiger charge is 2.44. The smallest absolute Gasteiger partial charge is 0.391 e. The maximum Gasteiger partial charge on any atom is 0.391 e. The zero-order chi connectivity index (χ0) is 21.5. The summed E-state index contributed by atoms with van der Waals surface area (Å²) in [5, 5.41) is 2.71. The molecule has 3 aromatic heterocycles. The van der Waals surface area contributed by atoms with Crippen LogP contribution in [0.1, 0.15) is 41.1 Å². The summed E-state index contributed by atoms with van der Waals surface area (Å²) in [6, 6.07) is 4.31. The number of rotatable bonds is 3. The number of nitrogens with two attached hydrogens (primary N) is 2. The summed E-state index contributed by atoms with van der Waals surface area (Å²) in [6.45, 7) is 0. The maximum atomic E-state index is 13.3. The molecule has 3 heterocycles. The van der Waals surface area contributed by atoms with Crippen molar-refractivity contribution in [2.24, 2.45) is 11.7 Å². The number of hydrogen-bond donors (Lipinski definition) is 3. The minimum atomic E-state index is -4.32. The van der Waals surface area contributed by atoms with Gasteiger partial charge in [0.1, 0.15) is 11.1 Å². The van der Waals surface area contributed by atoms with Crippen molar-refractivity contribution in [3.63, 3.8) is 0 Å². The second-order valence-electron chi connectivity index (χ2n) is 7.51. The van der Waals surface area contributed by atoms with Gasteiger partial charge in [-0.05, 0) is 48.9 Å². The summed E-state index contributed by atoms with van der Waals surface area (Å²) >= 11 is 0. The number of nitrogens with one attached hydrogen (secondary N) is 1. The number of amides is 1. The molecule has 1 amide bonds. The molecule has 0 spiro atoms. The molecule has 0 aliphatic heterocycles. The first-order chi connectivity index (χ1) is 14.2. The Kier molecular flexibility index (Phi) is 5.10. The van der Waals surface area contributed by atoms with Crippen molar-refractivity contribution >= 4 is 28.6 Å². The molecule has 158 valence electrons. The zero-order valence-electron chi connectivity index (χ0n) is 15.8. The van der Waals surface area contributed by atoms with Gasteiger partial charge in [-0.1, -0.05) is 0 Å². The minimum Gasteiger partial charge on any atom is -0.438 e. The van der Waals surface area contributed by atoms with Crippen LogP contribution in [0, 0.1) is 5.92 Å². The number of aromatic nitrogens is 2. The summed E-state index contributed by atoms with van der Waals surface area (Å²) in [4.78, 5) is 21.0. The zero-order valence-corrected chi connectivity index (χ0v) is 15.8. The normalized spacial score (nSPS) is 22.2. The van der Waals surface area contributed by atoms with Crippen LogP contribution in [0.4, 0.5) is 24.7 Å². The molecule has 3 aromatic rings. The lowest BCUT2D eigenvalue weighted by Crippen LogP contribution is -2.38. The fraction of sp³-hybridized carbons (Fsp3) is 0.350. The van der Waals surface area contributed by atoms with Gasteiger partial charge in [-0.25, -0.2) is 0 Å². The molecule has 0 radical (unpaired) electrons. The summed E-state index contributed by atoms with van der Waals surface area (Å²) in [5.41, 5.74) is 13.4. The topological polar surface area (TPSA) is 120 Å².